The predicted octanol–water partition coefficient (Wildman–Crippen LogP) is 1.40. The van der Waals surface area contributed by atoms with Gasteiger partial charge in [-0.05, 0) is 26.0 Å². The van der Waals surface area contributed by atoms with Crippen LogP contribution >= 0.6 is 0 Å². The number of carbonyl (C=O) groups excluding carboxylic acids is 1. The lowest BCUT2D eigenvalue weighted by atomic mass is 9.92. The van der Waals surface area contributed by atoms with E-state index >= 15 is 0 Å². The van der Waals surface area contributed by atoms with Crippen molar-refractivity contribution in [1.82, 2.24) is 15.3 Å². The number of anilines is 2. The van der Waals surface area contributed by atoms with Crippen molar-refractivity contribution < 1.29 is 4.79 Å². The van der Waals surface area contributed by atoms with Crippen LogP contribution in [0.2, 0.25) is 0 Å². The van der Waals surface area contributed by atoms with Crippen LogP contribution in [-0.2, 0) is 4.79 Å². The van der Waals surface area contributed by atoms with E-state index in [1.54, 1.807) is 7.05 Å². The fourth-order valence-corrected chi connectivity index (χ4v) is 1.95. The number of rotatable bonds is 4. The maximum absolute atomic E-state index is 11.8. The first-order valence-electron chi connectivity index (χ1n) is 6.42. The number of hydrogen-bond acceptors (Lipinski definition) is 5. The topological polar surface area (TPSA) is 92.9 Å². The van der Waals surface area contributed by atoms with E-state index in [1.165, 1.54) is 0 Å². The van der Waals surface area contributed by atoms with E-state index < -0.39 is 5.41 Å². The van der Waals surface area contributed by atoms with Gasteiger partial charge in [-0.3, -0.25) is 4.79 Å². The van der Waals surface area contributed by atoms with Gasteiger partial charge in [0.1, 0.15) is 5.82 Å². The minimum atomic E-state index is -0.546. The second-order valence-electron chi connectivity index (χ2n) is 5.26. The van der Waals surface area contributed by atoms with Crippen molar-refractivity contribution in [3.63, 3.8) is 0 Å². The van der Waals surface area contributed by atoms with Gasteiger partial charge in [-0.2, -0.15) is 4.98 Å². The Morgan fingerprint density at radius 2 is 2.00 bits per heavy atom. The lowest BCUT2D eigenvalue weighted by molar-refractivity contribution is -0.128. The maximum Gasteiger partial charge on any atom is 0.227 e. The van der Waals surface area contributed by atoms with E-state index in [0.29, 0.717) is 12.4 Å². The lowest BCUT2D eigenvalue weighted by Crippen LogP contribution is -2.39. The summed E-state index contributed by atoms with van der Waals surface area (Å²) in [7, 11) is 1.63. The van der Waals surface area contributed by atoms with Crippen molar-refractivity contribution in [2.75, 3.05) is 24.6 Å². The number of nitrogens with zero attached hydrogens (tertiary/aromatic N) is 2. The monoisotopic (exact) mass is 273 g/mol. The summed E-state index contributed by atoms with van der Waals surface area (Å²) < 4.78 is 0. The average molecular weight is 273 g/mol. The van der Waals surface area contributed by atoms with Gasteiger partial charge in [0.25, 0.3) is 0 Å². The second-order valence-corrected chi connectivity index (χ2v) is 5.26. The van der Waals surface area contributed by atoms with Crippen molar-refractivity contribution in [1.29, 1.82) is 0 Å². The van der Waals surface area contributed by atoms with Gasteiger partial charge in [-0.15, -0.1) is 0 Å². The maximum atomic E-state index is 11.8. The Balaban J connectivity index is 2.28. The molecule has 0 aliphatic heterocycles. The van der Waals surface area contributed by atoms with E-state index in [2.05, 4.69) is 20.6 Å². The Morgan fingerprint density at radius 3 is 2.70 bits per heavy atom. The number of nitrogens with one attached hydrogen (secondary N) is 2. The summed E-state index contributed by atoms with van der Waals surface area (Å²) in [4.78, 5) is 20.2. The molecule has 1 amide bonds. The Labute approximate surface area is 117 Å². The largest absolute Gasteiger partial charge is 0.368 e. The van der Waals surface area contributed by atoms with E-state index in [4.69, 9.17) is 5.73 Å². The molecular weight excluding hydrogens is 254 g/mol. The zero-order chi connectivity index (χ0) is 14.8. The molecule has 0 aliphatic carbocycles. The average Bonchev–Trinajstić information content (AvgIpc) is 2.43. The summed E-state index contributed by atoms with van der Waals surface area (Å²) in [5, 5.41) is 6.73. The predicted molar refractivity (Wildman–Crippen MR) is 80.3 cm³/mol. The van der Waals surface area contributed by atoms with Gasteiger partial charge in [0.05, 0.1) is 10.9 Å². The number of nitrogen functional groups attached to an aromatic ring is 1. The molecule has 6 heteroatoms. The number of aromatic nitrogens is 2. The third kappa shape index (κ3) is 2.79. The molecule has 1 heterocycles. The van der Waals surface area contributed by atoms with Crippen LogP contribution in [-0.4, -0.2) is 29.5 Å². The quantitative estimate of drug-likeness (QED) is 0.783. The van der Waals surface area contributed by atoms with Gasteiger partial charge >= 0.3 is 0 Å². The Kier molecular flexibility index (Phi) is 3.74. The molecule has 4 N–H and O–H groups in total. The summed E-state index contributed by atoms with van der Waals surface area (Å²) in [5.41, 5.74) is 5.94. The summed E-state index contributed by atoms with van der Waals surface area (Å²) in [6, 6.07) is 7.61. The standard InChI is InChI=1S/C14H19N5O/c1-14(2,12(20)16-3)8-17-11-9-6-4-5-7-10(9)18-13(15)19-11/h4-7H,8H2,1-3H3,(H,16,20)(H3,15,17,18,19). The van der Waals surface area contributed by atoms with Crippen molar-refractivity contribution >= 4 is 28.6 Å². The Hall–Kier alpha value is -2.37. The van der Waals surface area contributed by atoms with Crippen molar-refractivity contribution in [3.8, 4) is 0 Å². The SMILES string of the molecule is CNC(=O)C(C)(C)CNc1nc(N)nc2ccccc12. The van der Waals surface area contributed by atoms with Crippen LogP contribution in [0.1, 0.15) is 13.8 Å². The molecule has 0 radical (unpaired) electrons. The molecule has 0 saturated heterocycles. The first-order valence-corrected chi connectivity index (χ1v) is 6.42. The van der Waals surface area contributed by atoms with Crippen LogP contribution < -0.4 is 16.4 Å². The van der Waals surface area contributed by atoms with E-state index in [1.807, 2.05) is 38.1 Å². The number of fused-ring (bicyclic) bond motifs is 1. The fourth-order valence-electron chi connectivity index (χ4n) is 1.95. The molecule has 0 saturated carbocycles. The first kappa shape index (κ1) is 14.0. The van der Waals surface area contributed by atoms with Gasteiger partial charge in [-0.25, -0.2) is 4.98 Å². The summed E-state index contributed by atoms with van der Waals surface area (Å²) in [6.07, 6.45) is 0. The minimum absolute atomic E-state index is 0.0312. The molecule has 2 rings (SSSR count). The molecule has 0 spiro atoms. The number of nitrogens with two attached hydrogens (primary N) is 1. The van der Waals surface area contributed by atoms with Crippen molar-refractivity contribution in [2.24, 2.45) is 5.41 Å². The highest BCUT2D eigenvalue weighted by Gasteiger charge is 2.26. The highest BCUT2D eigenvalue weighted by atomic mass is 16.2. The van der Waals surface area contributed by atoms with Gasteiger partial charge in [-0.1, -0.05) is 12.1 Å². The van der Waals surface area contributed by atoms with E-state index in [-0.39, 0.29) is 11.9 Å². The van der Waals surface area contributed by atoms with Crippen molar-refractivity contribution in [3.05, 3.63) is 24.3 Å². The van der Waals surface area contributed by atoms with Crippen molar-refractivity contribution in [2.45, 2.75) is 13.8 Å². The Bertz CT molecular complexity index is 638. The number of carbonyl (C=O) groups is 1. The molecule has 0 unspecified atom stereocenters. The highest BCUT2D eigenvalue weighted by molar-refractivity contribution is 5.90. The number of para-hydroxylation sites is 1. The molecule has 1 aromatic heterocycles. The van der Waals surface area contributed by atoms with Crippen LogP contribution in [0.3, 0.4) is 0 Å². The fraction of sp³-hybridized carbons (Fsp3) is 0.357. The lowest BCUT2D eigenvalue weighted by Gasteiger charge is -2.23. The molecule has 0 atom stereocenters. The molecule has 1 aromatic carbocycles. The molecule has 20 heavy (non-hydrogen) atoms. The molecule has 0 bridgehead atoms. The van der Waals surface area contributed by atoms with Gasteiger partial charge in [0.2, 0.25) is 11.9 Å². The second kappa shape index (κ2) is 5.32. The van der Waals surface area contributed by atoms with Crippen LogP contribution in [0.25, 0.3) is 10.9 Å². The highest BCUT2D eigenvalue weighted by Crippen LogP contribution is 2.23. The van der Waals surface area contributed by atoms with Gasteiger partial charge < -0.3 is 16.4 Å². The minimum Gasteiger partial charge on any atom is -0.368 e. The number of hydrogen-bond donors (Lipinski definition) is 3. The zero-order valence-electron chi connectivity index (χ0n) is 11.9. The number of amides is 1. The summed E-state index contributed by atoms with van der Waals surface area (Å²) in [6.45, 7) is 4.18. The molecule has 2 aromatic rings. The smallest absolute Gasteiger partial charge is 0.227 e. The van der Waals surface area contributed by atoms with E-state index in [9.17, 15) is 4.79 Å². The molecule has 0 fully saturated rings. The van der Waals surface area contributed by atoms with Crippen LogP contribution in [0.15, 0.2) is 24.3 Å². The molecule has 106 valence electrons. The van der Waals surface area contributed by atoms with Crippen LogP contribution in [0.5, 0.6) is 0 Å². The third-order valence-corrected chi connectivity index (χ3v) is 3.16. The first-order chi connectivity index (χ1) is 9.44. The molecular formula is C14H19N5O. The molecule has 6 nitrogen and oxygen atoms in total. The zero-order valence-corrected chi connectivity index (χ0v) is 11.9. The van der Waals surface area contributed by atoms with Gasteiger partial charge in [0.15, 0.2) is 0 Å². The summed E-state index contributed by atoms with van der Waals surface area (Å²) >= 11 is 0. The third-order valence-electron chi connectivity index (χ3n) is 3.16. The van der Waals surface area contributed by atoms with Crippen LogP contribution in [0.4, 0.5) is 11.8 Å². The van der Waals surface area contributed by atoms with E-state index in [0.717, 1.165) is 10.9 Å². The normalized spacial score (nSPS) is 11.3. The Morgan fingerprint density at radius 1 is 1.30 bits per heavy atom. The number of benzene rings is 1. The van der Waals surface area contributed by atoms with Gasteiger partial charge in [0, 0.05) is 19.0 Å². The van der Waals surface area contributed by atoms with Crippen LogP contribution in [0, 0.1) is 5.41 Å². The summed E-state index contributed by atoms with van der Waals surface area (Å²) in [5.74, 6) is 0.824. The molecule has 0 aliphatic rings.